The molecule has 2 amide bonds. The van der Waals surface area contributed by atoms with Gasteiger partial charge in [0, 0.05) is 28.9 Å². The van der Waals surface area contributed by atoms with E-state index >= 15 is 0 Å². The summed E-state index contributed by atoms with van der Waals surface area (Å²) in [6.45, 7) is 2.08. The summed E-state index contributed by atoms with van der Waals surface area (Å²) in [5, 5.41) is 2.90. The molecule has 21 heavy (non-hydrogen) atoms. The summed E-state index contributed by atoms with van der Waals surface area (Å²) in [5.41, 5.74) is 0. The van der Waals surface area contributed by atoms with Crippen molar-refractivity contribution in [1.29, 1.82) is 0 Å². The SMILES string of the molecule is CC(CCS(C)=O)N1CC(=O)NC(C2CCCCC2)C1=O. The number of hydrogen-bond acceptors (Lipinski definition) is 3. The van der Waals surface area contributed by atoms with Crippen molar-refractivity contribution < 1.29 is 13.8 Å². The minimum Gasteiger partial charge on any atom is -0.342 e. The van der Waals surface area contributed by atoms with Gasteiger partial charge in [0.2, 0.25) is 11.8 Å². The van der Waals surface area contributed by atoms with E-state index in [9.17, 15) is 13.8 Å². The largest absolute Gasteiger partial charge is 0.342 e. The maximum atomic E-state index is 12.7. The lowest BCUT2D eigenvalue weighted by Gasteiger charge is -2.40. The molecule has 1 heterocycles. The van der Waals surface area contributed by atoms with Crippen LogP contribution in [0.2, 0.25) is 0 Å². The standard InChI is InChI=1S/C15H26N2O3S/c1-11(8-9-21(2)20)17-10-13(18)16-14(15(17)19)12-6-4-3-5-7-12/h11-12,14H,3-10H2,1-2H3,(H,16,18). The van der Waals surface area contributed by atoms with Crippen LogP contribution in [0.25, 0.3) is 0 Å². The van der Waals surface area contributed by atoms with Gasteiger partial charge in [0.15, 0.2) is 0 Å². The number of piperazine rings is 1. The summed E-state index contributed by atoms with van der Waals surface area (Å²) < 4.78 is 11.2. The van der Waals surface area contributed by atoms with Gasteiger partial charge in [-0.05, 0) is 32.1 Å². The van der Waals surface area contributed by atoms with Crippen molar-refractivity contribution in [3.8, 4) is 0 Å². The van der Waals surface area contributed by atoms with Gasteiger partial charge in [-0.25, -0.2) is 0 Å². The zero-order chi connectivity index (χ0) is 15.4. The highest BCUT2D eigenvalue weighted by atomic mass is 32.2. The number of carbonyl (C=O) groups excluding carboxylic acids is 2. The Morgan fingerprint density at radius 3 is 2.57 bits per heavy atom. The average Bonchev–Trinajstić information content (AvgIpc) is 2.47. The lowest BCUT2D eigenvalue weighted by molar-refractivity contribution is -0.148. The first-order chi connectivity index (χ1) is 9.99. The van der Waals surface area contributed by atoms with Crippen LogP contribution in [-0.2, 0) is 20.4 Å². The number of amides is 2. The monoisotopic (exact) mass is 314 g/mol. The molecule has 1 N–H and O–H groups in total. The second-order valence-electron chi connectivity index (χ2n) is 6.32. The van der Waals surface area contributed by atoms with Gasteiger partial charge in [-0.1, -0.05) is 19.3 Å². The summed E-state index contributed by atoms with van der Waals surface area (Å²) >= 11 is 0. The van der Waals surface area contributed by atoms with Crippen LogP contribution in [0.15, 0.2) is 0 Å². The normalized spacial score (nSPS) is 27.3. The molecule has 120 valence electrons. The number of nitrogens with one attached hydrogen (secondary N) is 1. The van der Waals surface area contributed by atoms with E-state index in [1.807, 2.05) is 6.92 Å². The molecule has 6 heteroatoms. The van der Waals surface area contributed by atoms with Gasteiger partial charge < -0.3 is 10.2 Å². The molecular weight excluding hydrogens is 288 g/mol. The van der Waals surface area contributed by atoms with Crippen molar-refractivity contribution in [1.82, 2.24) is 10.2 Å². The van der Waals surface area contributed by atoms with E-state index in [2.05, 4.69) is 5.32 Å². The molecule has 2 aliphatic rings. The van der Waals surface area contributed by atoms with Gasteiger partial charge in [-0.2, -0.15) is 0 Å². The maximum absolute atomic E-state index is 12.7. The number of carbonyl (C=O) groups is 2. The predicted molar refractivity (Wildman–Crippen MR) is 83.2 cm³/mol. The highest BCUT2D eigenvalue weighted by molar-refractivity contribution is 7.84. The van der Waals surface area contributed by atoms with Gasteiger partial charge in [-0.15, -0.1) is 0 Å². The van der Waals surface area contributed by atoms with E-state index in [0.29, 0.717) is 12.2 Å². The molecule has 2 rings (SSSR count). The van der Waals surface area contributed by atoms with Crippen LogP contribution >= 0.6 is 0 Å². The second-order valence-corrected chi connectivity index (χ2v) is 7.88. The van der Waals surface area contributed by atoms with Crippen LogP contribution in [0.1, 0.15) is 45.4 Å². The predicted octanol–water partition coefficient (Wildman–Crippen LogP) is 1.05. The van der Waals surface area contributed by atoms with Crippen LogP contribution in [-0.4, -0.2) is 51.6 Å². The summed E-state index contributed by atoms with van der Waals surface area (Å²) in [4.78, 5) is 26.3. The maximum Gasteiger partial charge on any atom is 0.246 e. The van der Waals surface area contributed by atoms with Gasteiger partial charge in [0.05, 0.1) is 6.54 Å². The Kier molecular flexibility index (Phi) is 5.79. The zero-order valence-electron chi connectivity index (χ0n) is 13.0. The molecule has 5 nitrogen and oxygen atoms in total. The topological polar surface area (TPSA) is 66.5 Å². The molecule has 3 atom stereocenters. The van der Waals surface area contributed by atoms with Crippen molar-refractivity contribution in [2.45, 2.75) is 57.5 Å². The van der Waals surface area contributed by atoms with Crippen LogP contribution < -0.4 is 5.32 Å². The fourth-order valence-corrected chi connectivity index (χ4v) is 4.02. The molecule has 1 saturated carbocycles. The summed E-state index contributed by atoms with van der Waals surface area (Å²) in [5.74, 6) is 0.844. The van der Waals surface area contributed by atoms with Crippen LogP contribution in [0.4, 0.5) is 0 Å². The van der Waals surface area contributed by atoms with Crippen LogP contribution in [0.3, 0.4) is 0 Å². The Labute approximate surface area is 129 Å². The third kappa shape index (κ3) is 4.28. The third-order valence-electron chi connectivity index (χ3n) is 4.66. The minimum absolute atomic E-state index is 0.0291. The highest BCUT2D eigenvalue weighted by Crippen LogP contribution is 2.29. The van der Waals surface area contributed by atoms with Gasteiger partial charge >= 0.3 is 0 Å². The molecule has 3 unspecified atom stereocenters. The molecule has 0 aromatic heterocycles. The lowest BCUT2D eigenvalue weighted by Crippen LogP contribution is -2.62. The van der Waals surface area contributed by atoms with Crippen LogP contribution in [0, 0.1) is 5.92 Å². The molecule has 0 bridgehead atoms. The first kappa shape index (κ1) is 16.5. The minimum atomic E-state index is -0.862. The van der Waals surface area contributed by atoms with Crippen molar-refractivity contribution in [3.05, 3.63) is 0 Å². The molecular formula is C15H26N2O3S. The van der Waals surface area contributed by atoms with Gasteiger partial charge in [0.25, 0.3) is 0 Å². The fourth-order valence-electron chi connectivity index (χ4n) is 3.34. The average molecular weight is 314 g/mol. The Balaban J connectivity index is 2.02. The second kappa shape index (κ2) is 7.38. The highest BCUT2D eigenvalue weighted by Gasteiger charge is 2.39. The van der Waals surface area contributed by atoms with Gasteiger partial charge in [0.1, 0.15) is 6.04 Å². The number of nitrogens with zero attached hydrogens (tertiary/aromatic N) is 1. The Morgan fingerprint density at radius 1 is 1.29 bits per heavy atom. The van der Waals surface area contributed by atoms with Crippen LogP contribution in [0.5, 0.6) is 0 Å². The number of hydrogen-bond donors (Lipinski definition) is 1. The van der Waals surface area contributed by atoms with Gasteiger partial charge in [-0.3, -0.25) is 13.8 Å². The summed E-state index contributed by atoms with van der Waals surface area (Å²) in [6.07, 6.45) is 7.93. The lowest BCUT2D eigenvalue weighted by atomic mass is 9.82. The molecule has 1 aliphatic carbocycles. The van der Waals surface area contributed by atoms with Crippen molar-refractivity contribution in [2.75, 3.05) is 18.6 Å². The van der Waals surface area contributed by atoms with Crippen molar-refractivity contribution in [3.63, 3.8) is 0 Å². The van der Waals surface area contributed by atoms with Crippen molar-refractivity contribution in [2.24, 2.45) is 5.92 Å². The molecule has 0 radical (unpaired) electrons. The zero-order valence-corrected chi connectivity index (χ0v) is 13.8. The van der Waals surface area contributed by atoms with Crippen molar-refractivity contribution >= 4 is 22.6 Å². The third-order valence-corrected chi connectivity index (χ3v) is 5.47. The van der Waals surface area contributed by atoms with E-state index < -0.39 is 10.8 Å². The van der Waals surface area contributed by atoms with E-state index in [0.717, 1.165) is 25.7 Å². The molecule has 0 aromatic carbocycles. The Bertz CT molecular complexity index is 421. The van der Waals surface area contributed by atoms with E-state index in [-0.39, 0.29) is 36.4 Å². The number of rotatable bonds is 5. The van der Waals surface area contributed by atoms with E-state index in [1.165, 1.54) is 6.42 Å². The molecule has 0 aromatic rings. The first-order valence-electron chi connectivity index (χ1n) is 7.89. The quantitative estimate of drug-likeness (QED) is 0.825. The molecule has 1 saturated heterocycles. The van der Waals surface area contributed by atoms with E-state index in [1.54, 1.807) is 11.2 Å². The summed E-state index contributed by atoms with van der Waals surface area (Å²) in [6, 6.07) is -0.375. The van der Waals surface area contributed by atoms with E-state index in [4.69, 9.17) is 0 Å². The summed E-state index contributed by atoms with van der Waals surface area (Å²) in [7, 11) is -0.862. The molecule has 1 aliphatic heterocycles. The Morgan fingerprint density at radius 2 is 1.95 bits per heavy atom. The first-order valence-corrected chi connectivity index (χ1v) is 9.61. The Hall–Kier alpha value is -0.910. The smallest absolute Gasteiger partial charge is 0.246 e. The molecule has 0 spiro atoms. The molecule has 2 fully saturated rings. The fraction of sp³-hybridized carbons (Fsp3) is 0.867.